The summed E-state index contributed by atoms with van der Waals surface area (Å²) in [4.78, 5) is 10.9. The van der Waals surface area contributed by atoms with Crippen LogP contribution in [0, 0.1) is 5.82 Å². The first-order chi connectivity index (χ1) is 7.57. The molecule has 94 valence electrons. The Kier molecular flexibility index (Phi) is 3.42. The van der Waals surface area contributed by atoms with Crippen LogP contribution in [0.4, 0.5) is 26.3 Å². The van der Waals surface area contributed by atoms with Crippen LogP contribution in [0.1, 0.15) is 10.4 Å². The van der Waals surface area contributed by atoms with Gasteiger partial charge in [-0.05, 0) is 18.2 Å². The highest BCUT2D eigenvalue weighted by atomic mass is 35.5. The van der Waals surface area contributed by atoms with Crippen molar-refractivity contribution >= 4 is 17.4 Å². The van der Waals surface area contributed by atoms with E-state index in [0.29, 0.717) is 6.07 Å². The maximum absolute atomic E-state index is 12.8. The Morgan fingerprint density at radius 2 is 1.65 bits per heavy atom. The quantitative estimate of drug-likeness (QED) is 0.592. The van der Waals surface area contributed by atoms with Gasteiger partial charge < -0.3 is 0 Å². The molecule has 0 radical (unpaired) electrons. The molecule has 1 rings (SSSR count). The van der Waals surface area contributed by atoms with E-state index in [1.54, 1.807) is 0 Å². The Morgan fingerprint density at radius 1 is 1.12 bits per heavy atom. The molecule has 0 N–H and O–H groups in total. The lowest BCUT2D eigenvalue weighted by Gasteiger charge is -2.18. The van der Waals surface area contributed by atoms with Crippen LogP contribution in [0.15, 0.2) is 18.2 Å². The van der Waals surface area contributed by atoms with E-state index in [4.69, 9.17) is 11.6 Å². The fourth-order valence-electron chi connectivity index (χ4n) is 0.947. The number of carbonyl (C=O) groups excluding carboxylic acids is 1. The van der Waals surface area contributed by atoms with E-state index in [1.165, 1.54) is 0 Å². The van der Waals surface area contributed by atoms with Crippen molar-refractivity contribution in [2.75, 3.05) is 0 Å². The van der Waals surface area contributed by atoms with Crippen LogP contribution < -0.4 is 0 Å². The van der Waals surface area contributed by atoms with Gasteiger partial charge in [0.25, 0.3) is 0 Å². The van der Waals surface area contributed by atoms with Gasteiger partial charge in [-0.15, -0.1) is 0 Å². The Bertz CT molecular complexity index is 453. The van der Waals surface area contributed by atoms with Gasteiger partial charge in [-0.3, -0.25) is 4.79 Å². The molecule has 0 heterocycles. The molecule has 0 aromatic heterocycles. The molecule has 0 aliphatic heterocycles. The molecular formula is C9H3ClF6O. The molecular weight excluding hydrogens is 274 g/mol. The number of hydrogen-bond acceptors (Lipinski definition) is 1. The minimum absolute atomic E-state index is 0.227. The topological polar surface area (TPSA) is 17.1 Å². The van der Waals surface area contributed by atoms with E-state index in [-0.39, 0.29) is 6.07 Å². The molecule has 1 nitrogen and oxygen atoms in total. The molecule has 0 bridgehead atoms. The van der Waals surface area contributed by atoms with E-state index in [0.717, 1.165) is 6.07 Å². The number of hydrogen-bond donors (Lipinski definition) is 0. The summed E-state index contributed by atoms with van der Waals surface area (Å²) >= 11 is 5.19. The molecule has 0 spiro atoms. The smallest absolute Gasteiger partial charge is 0.287 e. The lowest BCUT2D eigenvalue weighted by atomic mass is 10.1. The second-order valence-corrected chi connectivity index (χ2v) is 3.44. The lowest BCUT2D eigenvalue weighted by molar-refractivity contribution is -0.255. The molecule has 0 aliphatic rings. The second kappa shape index (κ2) is 4.21. The monoisotopic (exact) mass is 276 g/mol. The Morgan fingerprint density at radius 3 is 2.06 bits per heavy atom. The van der Waals surface area contributed by atoms with Crippen molar-refractivity contribution < 1.29 is 31.1 Å². The van der Waals surface area contributed by atoms with Crippen LogP contribution in [0.25, 0.3) is 0 Å². The van der Waals surface area contributed by atoms with Crippen LogP contribution in [-0.2, 0) is 0 Å². The molecule has 0 atom stereocenters. The number of Topliss-reactive ketones (excluding diaryl/α,β-unsaturated/α-hetero) is 1. The maximum atomic E-state index is 12.8. The molecule has 0 fully saturated rings. The van der Waals surface area contributed by atoms with E-state index < -0.39 is 34.3 Å². The fourth-order valence-corrected chi connectivity index (χ4v) is 1.06. The van der Waals surface area contributed by atoms with Crippen molar-refractivity contribution in [3.8, 4) is 0 Å². The summed E-state index contributed by atoms with van der Waals surface area (Å²) < 4.78 is 73.6. The number of halogens is 7. The molecule has 0 saturated heterocycles. The summed E-state index contributed by atoms with van der Waals surface area (Å²) in [5.74, 6) is -9.34. The second-order valence-electron chi connectivity index (χ2n) is 3.03. The highest BCUT2D eigenvalue weighted by Crippen LogP contribution is 2.38. The van der Waals surface area contributed by atoms with Gasteiger partial charge in [-0.2, -0.15) is 22.0 Å². The molecule has 0 saturated carbocycles. The summed E-state index contributed by atoms with van der Waals surface area (Å²) in [5, 5.41) is -0.489. The van der Waals surface area contributed by atoms with Crippen molar-refractivity contribution in [3.63, 3.8) is 0 Å². The number of rotatable bonds is 2. The van der Waals surface area contributed by atoms with E-state index in [9.17, 15) is 31.1 Å². The van der Waals surface area contributed by atoms with Gasteiger partial charge in [0.05, 0.1) is 5.02 Å². The minimum atomic E-state index is -6.03. The minimum Gasteiger partial charge on any atom is -0.287 e. The first-order valence-corrected chi connectivity index (χ1v) is 4.39. The molecule has 0 unspecified atom stereocenters. The maximum Gasteiger partial charge on any atom is 0.461 e. The van der Waals surface area contributed by atoms with Crippen molar-refractivity contribution in [2.24, 2.45) is 0 Å². The van der Waals surface area contributed by atoms with Crippen molar-refractivity contribution in [2.45, 2.75) is 12.1 Å². The van der Waals surface area contributed by atoms with Gasteiger partial charge >= 0.3 is 12.1 Å². The lowest BCUT2D eigenvalue weighted by Crippen LogP contribution is -2.44. The Labute approximate surface area is 96.0 Å². The van der Waals surface area contributed by atoms with Crippen LogP contribution in [0.3, 0.4) is 0 Å². The number of carbonyl (C=O) groups is 1. The summed E-state index contributed by atoms with van der Waals surface area (Å²) in [5.41, 5.74) is -1.10. The SMILES string of the molecule is O=C(c1ccc(Cl)c(F)c1)C(F)(F)C(F)(F)F. The zero-order chi connectivity index (χ0) is 13.4. The Balaban J connectivity index is 3.17. The van der Waals surface area contributed by atoms with Gasteiger partial charge in [0.2, 0.25) is 5.78 Å². The van der Waals surface area contributed by atoms with E-state index in [2.05, 4.69) is 0 Å². The Hall–Kier alpha value is -1.24. The molecule has 0 aliphatic carbocycles. The van der Waals surface area contributed by atoms with Gasteiger partial charge in [0.15, 0.2) is 0 Å². The summed E-state index contributed by atoms with van der Waals surface area (Å²) in [6.07, 6.45) is -6.03. The van der Waals surface area contributed by atoms with Crippen molar-refractivity contribution in [1.29, 1.82) is 0 Å². The third-order valence-electron chi connectivity index (χ3n) is 1.82. The van der Waals surface area contributed by atoms with Gasteiger partial charge in [-0.1, -0.05) is 11.6 Å². The third kappa shape index (κ3) is 2.54. The standard InChI is InChI=1S/C9H3ClF6O/c10-5-2-1-4(3-6(5)11)7(17)8(12,13)9(14,15)16/h1-3H. The fraction of sp³-hybridized carbons (Fsp3) is 0.222. The van der Waals surface area contributed by atoms with Gasteiger partial charge in [-0.25, -0.2) is 4.39 Å². The molecule has 1 aromatic rings. The largest absolute Gasteiger partial charge is 0.461 e. The molecule has 17 heavy (non-hydrogen) atoms. The molecule has 8 heteroatoms. The molecule has 1 aromatic carbocycles. The van der Waals surface area contributed by atoms with Crippen molar-refractivity contribution in [1.82, 2.24) is 0 Å². The average Bonchev–Trinajstić information content (AvgIpc) is 2.19. The highest BCUT2D eigenvalue weighted by molar-refractivity contribution is 6.30. The van der Waals surface area contributed by atoms with E-state index >= 15 is 0 Å². The zero-order valence-corrected chi connectivity index (χ0v) is 8.54. The van der Waals surface area contributed by atoms with Gasteiger partial charge in [0, 0.05) is 5.56 Å². The summed E-state index contributed by atoms with van der Waals surface area (Å²) in [6.45, 7) is 0. The third-order valence-corrected chi connectivity index (χ3v) is 2.13. The molecule has 0 amide bonds. The van der Waals surface area contributed by atoms with Crippen LogP contribution in [0.2, 0.25) is 5.02 Å². The number of ketones is 1. The summed E-state index contributed by atoms with van der Waals surface area (Å²) in [7, 11) is 0. The zero-order valence-electron chi connectivity index (χ0n) is 7.79. The van der Waals surface area contributed by atoms with Crippen molar-refractivity contribution in [3.05, 3.63) is 34.6 Å². The predicted octanol–water partition coefficient (Wildman–Crippen LogP) is 3.86. The summed E-state index contributed by atoms with van der Waals surface area (Å²) in [6, 6.07) is 1.54. The number of benzene rings is 1. The van der Waals surface area contributed by atoms with E-state index in [1.807, 2.05) is 0 Å². The van der Waals surface area contributed by atoms with Gasteiger partial charge in [0.1, 0.15) is 5.82 Å². The first-order valence-electron chi connectivity index (χ1n) is 4.02. The average molecular weight is 277 g/mol. The van der Waals surface area contributed by atoms with Crippen LogP contribution >= 0.6 is 11.6 Å². The van der Waals surface area contributed by atoms with Crippen LogP contribution in [-0.4, -0.2) is 17.9 Å². The predicted molar refractivity (Wildman–Crippen MR) is 46.7 cm³/mol. The number of alkyl halides is 5. The highest BCUT2D eigenvalue weighted by Gasteiger charge is 2.63. The first kappa shape index (κ1) is 13.8. The normalized spacial score (nSPS) is 12.6. The van der Waals surface area contributed by atoms with Crippen LogP contribution in [0.5, 0.6) is 0 Å².